The van der Waals surface area contributed by atoms with Crippen molar-refractivity contribution in [3.63, 3.8) is 0 Å². The number of halogens is 1. The Morgan fingerprint density at radius 1 is 1.38 bits per heavy atom. The van der Waals surface area contributed by atoms with Gasteiger partial charge in [0.1, 0.15) is 5.58 Å². The third-order valence-electron chi connectivity index (χ3n) is 1.41. The van der Waals surface area contributed by atoms with Crippen LogP contribution in [0.1, 0.15) is 0 Å². The lowest BCUT2D eigenvalue weighted by atomic mass is 10.3. The summed E-state index contributed by atoms with van der Waals surface area (Å²) < 4.78 is 5.11. The van der Waals surface area contributed by atoms with Gasteiger partial charge in [0.25, 0.3) is 6.47 Å². The molecule has 0 aliphatic rings. The zero-order chi connectivity index (χ0) is 9.68. The van der Waals surface area contributed by atoms with Gasteiger partial charge in [-0.05, 0) is 24.3 Å². The van der Waals surface area contributed by atoms with Crippen LogP contribution in [0.25, 0.3) is 11.0 Å². The Balaban J connectivity index is 0.000000251. The van der Waals surface area contributed by atoms with Gasteiger partial charge in [-0.15, -0.1) is 0 Å². The third kappa shape index (κ3) is 2.49. The summed E-state index contributed by atoms with van der Waals surface area (Å²) in [6, 6.07) is 7.44. The van der Waals surface area contributed by atoms with Gasteiger partial charge in [0.2, 0.25) is 0 Å². The summed E-state index contributed by atoms with van der Waals surface area (Å²) in [4.78, 5) is 8.36. The quantitative estimate of drug-likeness (QED) is 0.663. The number of furan rings is 1. The van der Waals surface area contributed by atoms with E-state index < -0.39 is 0 Å². The first-order chi connectivity index (χ1) is 6.27. The number of hydrogen-bond donors (Lipinski definition) is 1. The highest BCUT2D eigenvalue weighted by Crippen LogP contribution is 2.19. The monoisotopic (exact) mass is 198 g/mol. The first-order valence-corrected chi connectivity index (χ1v) is 3.86. The Morgan fingerprint density at radius 3 is 2.77 bits per heavy atom. The lowest BCUT2D eigenvalue weighted by molar-refractivity contribution is -0.122. The molecule has 0 fully saturated rings. The Morgan fingerprint density at radius 2 is 2.08 bits per heavy atom. The largest absolute Gasteiger partial charge is 0.483 e. The van der Waals surface area contributed by atoms with Gasteiger partial charge in [0.05, 0.1) is 6.26 Å². The maximum Gasteiger partial charge on any atom is 0.290 e. The Hall–Kier alpha value is -1.48. The molecule has 1 heterocycles. The molecule has 0 saturated heterocycles. The van der Waals surface area contributed by atoms with Crippen molar-refractivity contribution in [1.82, 2.24) is 0 Å². The molecule has 0 aliphatic heterocycles. The van der Waals surface area contributed by atoms with E-state index in [9.17, 15) is 0 Å². The van der Waals surface area contributed by atoms with E-state index in [1.54, 1.807) is 6.26 Å². The van der Waals surface area contributed by atoms with E-state index in [1.165, 1.54) is 0 Å². The van der Waals surface area contributed by atoms with Crippen LogP contribution in [-0.4, -0.2) is 11.6 Å². The fourth-order valence-corrected chi connectivity index (χ4v) is 1.12. The molecule has 13 heavy (non-hydrogen) atoms. The van der Waals surface area contributed by atoms with Gasteiger partial charge in [-0.1, -0.05) is 11.6 Å². The molecule has 0 aliphatic carbocycles. The minimum atomic E-state index is -0.250. The molecular formula is C9H7ClO3. The average Bonchev–Trinajstić information content (AvgIpc) is 2.52. The van der Waals surface area contributed by atoms with Crippen LogP contribution < -0.4 is 0 Å². The van der Waals surface area contributed by atoms with Gasteiger partial charge in [-0.3, -0.25) is 4.79 Å². The SMILES string of the molecule is Clc1ccc2occc2c1.O=CO. The van der Waals surface area contributed by atoms with Crippen molar-refractivity contribution < 1.29 is 14.3 Å². The van der Waals surface area contributed by atoms with Crippen molar-refractivity contribution in [2.24, 2.45) is 0 Å². The fraction of sp³-hybridized carbons (Fsp3) is 0. The lowest BCUT2D eigenvalue weighted by Crippen LogP contribution is -1.62. The van der Waals surface area contributed by atoms with Crippen LogP contribution in [0, 0.1) is 0 Å². The minimum absolute atomic E-state index is 0.250. The number of fused-ring (bicyclic) bond motifs is 1. The predicted octanol–water partition coefficient (Wildman–Crippen LogP) is 2.79. The standard InChI is InChI=1S/C8H5ClO.CH2O2/c9-7-1-2-8-6(5-7)3-4-10-8;2-1-3/h1-5H;1H,(H,2,3). The van der Waals surface area contributed by atoms with Crippen LogP contribution >= 0.6 is 11.6 Å². The van der Waals surface area contributed by atoms with Crippen molar-refractivity contribution in [2.75, 3.05) is 0 Å². The van der Waals surface area contributed by atoms with Crippen molar-refractivity contribution in [1.29, 1.82) is 0 Å². The molecule has 1 N–H and O–H groups in total. The summed E-state index contributed by atoms with van der Waals surface area (Å²) in [6.45, 7) is -0.250. The second kappa shape index (κ2) is 4.52. The summed E-state index contributed by atoms with van der Waals surface area (Å²) in [5.74, 6) is 0. The second-order valence-electron chi connectivity index (χ2n) is 2.21. The number of carbonyl (C=O) groups is 1. The van der Waals surface area contributed by atoms with E-state index in [4.69, 9.17) is 25.9 Å². The molecule has 1 aromatic carbocycles. The molecule has 0 atom stereocenters. The summed E-state index contributed by atoms with van der Waals surface area (Å²) in [6.07, 6.45) is 1.65. The number of rotatable bonds is 0. The van der Waals surface area contributed by atoms with Crippen molar-refractivity contribution in [3.8, 4) is 0 Å². The Bertz CT molecular complexity index is 394. The molecule has 2 rings (SSSR count). The molecule has 2 aromatic rings. The highest BCUT2D eigenvalue weighted by molar-refractivity contribution is 6.31. The third-order valence-corrected chi connectivity index (χ3v) is 1.65. The van der Waals surface area contributed by atoms with Gasteiger partial charge in [-0.25, -0.2) is 0 Å². The molecule has 0 amide bonds. The summed E-state index contributed by atoms with van der Waals surface area (Å²) in [5, 5.41) is 8.68. The fourth-order valence-electron chi connectivity index (χ4n) is 0.938. The maximum absolute atomic E-state index is 8.36. The normalized spacial score (nSPS) is 9.00. The van der Waals surface area contributed by atoms with E-state index >= 15 is 0 Å². The highest BCUT2D eigenvalue weighted by atomic mass is 35.5. The van der Waals surface area contributed by atoms with Crippen LogP contribution in [0.2, 0.25) is 5.02 Å². The van der Waals surface area contributed by atoms with Gasteiger partial charge in [0, 0.05) is 10.4 Å². The van der Waals surface area contributed by atoms with Crippen LogP contribution in [0.3, 0.4) is 0 Å². The zero-order valence-electron chi connectivity index (χ0n) is 6.61. The molecule has 4 heteroatoms. The number of benzene rings is 1. The lowest BCUT2D eigenvalue weighted by Gasteiger charge is -1.87. The molecule has 68 valence electrons. The Labute approximate surface area is 79.5 Å². The van der Waals surface area contributed by atoms with Crippen LogP contribution in [0.5, 0.6) is 0 Å². The smallest absolute Gasteiger partial charge is 0.290 e. The van der Waals surface area contributed by atoms with Gasteiger partial charge in [-0.2, -0.15) is 0 Å². The molecule has 3 nitrogen and oxygen atoms in total. The summed E-state index contributed by atoms with van der Waals surface area (Å²) in [5.41, 5.74) is 0.879. The first-order valence-electron chi connectivity index (χ1n) is 3.48. The van der Waals surface area contributed by atoms with Crippen molar-refractivity contribution in [3.05, 3.63) is 35.6 Å². The zero-order valence-corrected chi connectivity index (χ0v) is 7.36. The van der Waals surface area contributed by atoms with E-state index in [2.05, 4.69) is 0 Å². The van der Waals surface area contributed by atoms with Gasteiger partial charge >= 0.3 is 0 Å². The van der Waals surface area contributed by atoms with E-state index in [0.717, 1.165) is 16.0 Å². The molecule has 0 spiro atoms. The Kier molecular flexibility index (Phi) is 3.34. The summed E-state index contributed by atoms with van der Waals surface area (Å²) in [7, 11) is 0. The van der Waals surface area contributed by atoms with Gasteiger partial charge in [0.15, 0.2) is 0 Å². The number of hydrogen-bond acceptors (Lipinski definition) is 2. The second-order valence-corrected chi connectivity index (χ2v) is 2.64. The van der Waals surface area contributed by atoms with E-state index in [1.807, 2.05) is 24.3 Å². The van der Waals surface area contributed by atoms with Crippen LogP contribution in [0.4, 0.5) is 0 Å². The van der Waals surface area contributed by atoms with E-state index in [0.29, 0.717) is 0 Å². The molecule has 1 aromatic heterocycles. The predicted molar refractivity (Wildman–Crippen MR) is 49.9 cm³/mol. The van der Waals surface area contributed by atoms with Crippen molar-refractivity contribution >= 4 is 29.0 Å². The summed E-state index contributed by atoms with van der Waals surface area (Å²) >= 11 is 5.73. The first kappa shape index (κ1) is 9.61. The molecular weight excluding hydrogens is 192 g/mol. The molecule has 0 unspecified atom stereocenters. The molecule has 0 bridgehead atoms. The highest BCUT2D eigenvalue weighted by Gasteiger charge is 1.94. The maximum atomic E-state index is 8.36. The minimum Gasteiger partial charge on any atom is -0.483 e. The topological polar surface area (TPSA) is 50.4 Å². The average molecular weight is 199 g/mol. The molecule has 0 radical (unpaired) electrons. The van der Waals surface area contributed by atoms with Crippen LogP contribution in [0.15, 0.2) is 34.9 Å². The van der Waals surface area contributed by atoms with Gasteiger partial charge < -0.3 is 9.52 Å². The molecule has 0 saturated carbocycles. The van der Waals surface area contributed by atoms with Crippen molar-refractivity contribution in [2.45, 2.75) is 0 Å². The van der Waals surface area contributed by atoms with Crippen LogP contribution in [-0.2, 0) is 4.79 Å². The number of carboxylic acid groups (broad SMARTS) is 1. The van der Waals surface area contributed by atoms with E-state index in [-0.39, 0.29) is 6.47 Å².